The summed E-state index contributed by atoms with van der Waals surface area (Å²) in [4.78, 5) is 32.4. The zero-order valence-electron chi connectivity index (χ0n) is 20.4. The standard InChI is InChI=1S/C31H24N2O5/c34-29(23-11-12-26-21(16-23)13-15-37-26)27-28(33(31(36)30(27)35)19-20-6-5-14-32-18-20)22-7-4-10-25(17-22)38-24-8-2-1-3-9-24/h1-12,14,16-18,28,34H,13,15,19H2/b29-27-. The third kappa shape index (κ3) is 4.39. The molecule has 188 valence electrons. The lowest BCUT2D eigenvalue weighted by Crippen LogP contribution is -2.29. The number of para-hydroxylation sites is 1. The highest BCUT2D eigenvalue weighted by molar-refractivity contribution is 6.46. The number of aliphatic hydroxyl groups is 1. The second-order valence-corrected chi connectivity index (χ2v) is 9.20. The van der Waals surface area contributed by atoms with Gasteiger partial charge in [0.2, 0.25) is 0 Å². The molecule has 7 nitrogen and oxygen atoms in total. The lowest BCUT2D eigenvalue weighted by Gasteiger charge is -2.25. The van der Waals surface area contributed by atoms with Gasteiger partial charge in [-0.1, -0.05) is 36.4 Å². The number of ether oxygens (including phenoxy) is 2. The predicted molar refractivity (Wildman–Crippen MR) is 141 cm³/mol. The van der Waals surface area contributed by atoms with E-state index in [0.29, 0.717) is 35.7 Å². The number of nitrogens with zero attached hydrogens (tertiary/aromatic N) is 2. The Labute approximate surface area is 219 Å². The van der Waals surface area contributed by atoms with Gasteiger partial charge >= 0.3 is 0 Å². The third-order valence-electron chi connectivity index (χ3n) is 6.73. The normalized spacial score (nSPS) is 17.8. The van der Waals surface area contributed by atoms with E-state index in [0.717, 1.165) is 16.9 Å². The molecule has 1 saturated heterocycles. The Morgan fingerprint density at radius 1 is 0.974 bits per heavy atom. The van der Waals surface area contributed by atoms with E-state index in [9.17, 15) is 14.7 Å². The number of likely N-dealkylation sites (tertiary alicyclic amines) is 1. The lowest BCUT2D eigenvalue weighted by molar-refractivity contribution is -0.140. The second kappa shape index (κ2) is 9.86. The van der Waals surface area contributed by atoms with Crippen LogP contribution in [0, 0.1) is 0 Å². The summed E-state index contributed by atoms with van der Waals surface area (Å²) >= 11 is 0. The molecule has 0 radical (unpaired) electrons. The van der Waals surface area contributed by atoms with Crippen LogP contribution in [0.15, 0.2) is 103 Å². The maximum atomic E-state index is 13.4. The Morgan fingerprint density at radius 3 is 2.63 bits per heavy atom. The van der Waals surface area contributed by atoms with Gasteiger partial charge in [0, 0.05) is 30.9 Å². The number of amides is 1. The molecule has 1 aromatic heterocycles. The van der Waals surface area contributed by atoms with Crippen molar-refractivity contribution in [3.63, 3.8) is 0 Å². The molecular weight excluding hydrogens is 480 g/mol. The maximum absolute atomic E-state index is 13.4. The van der Waals surface area contributed by atoms with Crippen LogP contribution >= 0.6 is 0 Å². The molecule has 1 amide bonds. The fourth-order valence-electron chi connectivity index (χ4n) is 4.94. The molecule has 38 heavy (non-hydrogen) atoms. The van der Waals surface area contributed by atoms with Gasteiger partial charge in [0.25, 0.3) is 11.7 Å². The first-order valence-electron chi connectivity index (χ1n) is 12.3. The van der Waals surface area contributed by atoms with Crippen LogP contribution in [0.1, 0.15) is 28.3 Å². The number of hydrogen-bond donors (Lipinski definition) is 1. The van der Waals surface area contributed by atoms with Gasteiger partial charge in [-0.2, -0.15) is 0 Å². The number of Topliss-reactive ketones (excluding diaryl/α,β-unsaturated/α-hetero) is 1. The molecule has 2 aliphatic rings. The second-order valence-electron chi connectivity index (χ2n) is 9.20. The quantitative estimate of drug-likeness (QED) is 0.214. The number of fused-ring (bicyclic) bond motifs is 1. The Kier molecular flexibility index (Phi) is 6.09. The minimum atomic E-state index is -0.820. The summed E-state index contributed by atoms with van der Waals surface area (Å²) in [5, 5.41) is 11.5. The van der Waals surface area contributed by atoms with Crippen LogP contribution in [0.4, 0.5) is 0 Å². The molecule has 0 bridgehead atoms. The number of carbonyl (C=O) groups is 2. The van der Waals surface area contributed by atoms with Crippen LogP contribution < -0.4 is 9.47 Å². The summed E-state index contributed by atoms with van der Waals surface area (Å²) in [5.74, 6) is 0.346. The molecule has 0 saturated carbocycles. The van der Waals surface area contributed by atoms with Crippen molar-refractivity contribution in [2.75, 3.05) is 6.61 Å². The van der Waals surface area contributed by atoms with Gasteiger partial charge in [-0.25, -0.2) is 0 Å². The highest BCUT2D eigenvalue weighted by atomic mass is 16.5. The van der Waals surface area contributed by atoms with E-state index in [1.165, 1.54) is 4.90 Å². The molecule has 1 unspecified atom stereocenters. The van der Waals surface area contributed by atoms with Gasteiger partial charge in [0.1, 0.15) is 23.0 Å². The molecule has 2 aliphatic heterocycles. The maximum Gasteiger partial charge on any atom is 0.295 e. The molecule has 0 aliphatic carbocycles. The lowest BCUT2D eigenvalue weighted by atomic mass is 9.94. The van der Waals surface area contributed by atoms with Gasteiger partial charge < -0.3 is 19.5 Å². The topological polar surface area (TPSA) is 89.0 Å². The average Bonchev–Trinajstić information content (AvgIpc) is 3.52. The van der Waals surface area contributed by atoms with Crippen LogP contribution in [0.5, 0.6) is 17.2 Å². The van der Waals surface area contributed by atoms with Crippen molar-refractivity contribution in [2.45, 2.75) is 19.0 Å². The minimum absolute atomic E-state index is 0.0367. The van der Waals surface area contributed by atoms with Crippen molar-refractivity contribution in [3.05, 3.63) is 125 Å². The summed E-state index contributed by atoms with van der Waals surface area (Å²) in [7, 11) is 0. The van der Waals surface area contributed by atoms with Gasteiger partial charge in [0.05, 0.1) is 18.2 Å². The van der Waals surface area contributed by atoms with E-state index in [1.54, 1.807) is 36.7 Å². The SMILES string of the molecule is O=C1C(=O)N(Cc2cccnc2)C(c2cccc(Oc3ccccc3)c2)/C1=C(/O)c1ccc2c(c1)CCO2. The first-order valence-corrected chi connectivity index (χ1v) is 12.3. The highest BCUT2D eigenvalue weighted by Crippen LogP contribution is 2.42. The molecule has 4 aromatic rings. The van der Waals surface area contributed by atoms with Crippen LogP contribution in [-0.4, -0.2) is 33.3 Å². The first kappa shape index (κ1) is 23.5. The van der Waals surface area contributed by atoms with Crippen molar-refractivity contribution in [1.82, 2.24) is 9.88 Å². The average molecular weight is 505 g/mol. The molecule has 0 spiro atoms. The molecular formula is C31H24N2O5. The zero-order chi connectivity index (χ0) is 26.1. The van der Waals surface area contributed by atoms with Gasteiger partial charge in [0.15, 0.2) is 0 Å². The van der Waals surface area contributed by atoms with Crippen molar-refractivity contribution in [1.29, 1.82) is 0 Å². The number of aliphatic hydroxyl groups excluding tert-OH is 1. The minimum Gasteiger partial charge on any atom is -0.507 e. The van der Waals surface area contributed by atoms with E-state index >= 15 is 0 Å². The third-order valence-corrected chi connectivity index (χ3v) is 6.73. The number of ketones is 1. The molecule has 1 atom stereocenters. The van der Waals surface area contributed by atoms with Crippen molar-refractivity contribution in [3.8, 4) is 17.2 Å². The molecule has 7 heteroatoms. The fraction of sp³-hybridized carbons (Fsp3) is 0.129. The molecule has 1 N–H and O–H groups in total. The van der Waals surface area contributed by atoms with Crippen LogP contribution in [0.25, 0.3) is 5.76 Å². The van der Waals surface area contributed by atoms with Crippen LogP contribution in [0.2, 0.25) is 0 Å². The fourth-order valence-corrected chi connectivity index (χ4v) is 4.94. The van der Waals surface area contributed by atoms with Gasteiger partial charge in [-0.15, -0.1) is 0 Å². The van der Waals surface area contributed by atoms with E-state index < -0.39 is 17.7 Å². The number of rotatable bonds is 6. The summed E-state index contributed by atoms with van der Waals surface area (Å²) in [6, 6.07) is 24.7. The van der Waals surface area contributed by atoms with E-state index in [1.807, 2.05) is 60.7 Å². The molecule has 6 rings (SSSR count). The van der Waals surface area contributed by atoms with Crippen LogP contribution in [-0.2, 0) is 22.6 Å². The Balaban J connectivity index is 1.45. The largest absolute Gasteiger partial charge is 0.507 e. The summed E-state index contributed by atoms with van der Waals surface area (Å²) in [6.45, 7) is 0.727. The summed E-state index contributed by atoms with van der Waals surface area (Å²) in [6.07, 6.45) is 4.02. The Morgan fingerprint density at radius 2 is 1.82 bits per heavy atom. The number of pyridine rings is 1. The number of hydrogen-bond acceptors (Lipinski definition) is 6. The van der Waals surface area contributed by atoms with E-state index in [-0.39, 0.29) is 17.9 Å². The van der Waals surface area contributed by atoms with Crippen molar-refractivity contribution in [2.24, 2.45) is 0 Å². The smallest absolute Gasteiger partial charge is 0.295 e. The van der Waals surface area contributed by atoms with Gasteiger partial charge in [-0.3, -0.25) is 14.6 Å². The molecule has 3 aromatic carbocycles. The van der Waals surface area contributed by atoms with Crippen molar-refractivity contribution < 1.29 is 24.2 Å². The highest BCUT2D eigenvalue weighted by Gasteiger charge is 2.46. The zero-order valence-corrected chi connectivity index (χ0v) is 20.4. The Hall–Kier alpha value is -4.91. The van der Waals surface area contributed by atoms with Crippen LogP contribution in [0.3, 0.4) is 0 Å². The van der Waals surface area contributed by atoms with Gasteiger partial charge in [-0.05, 0) is 65.2 Å². The monoisotopic (exact) mass is 504 g/mol. The van der Waals surface area contributed by atoms with Crippen molar-refractivity contribution >= 4 is 17.4 Å². The Bertz CT molecular complexity index is 1550. The summed E-state index contributed by atoms with van der Waals surface area (Å²) < 4.78 is 11.6. The predicted octanol–water partition coefficient (Wildman–Crippen LogP) is 5.43. The first-order chi connectivity index (χ1) is 18.6. The molecule has 3 heterocycles. The number of aromatic nitrogens is 1. The number of carbonyl (C=O) groups excluding carboxylic acids is 2. The molecule has 1 fully saturated rings. The summed E-state index contributed by atoms with van der Waals surface area (Å²) in [5.41, 5.74) is 2.87. The number of benzene rings is 3. The van der Waals surface area contributed by atoms with E-state index in [4.69, 9.17) is 9.47 Å². The van der Waals surface area contributed by atoms with E-state index in [2.05, 4.69) is 4.98 Å².